The highest BCUT2D eigenvalue weighted by Crippen LogP contribution is 2.21. The standard InChI is InChI=1S/C12H9F2N3O/c13-7-4-8(14)6-9(5-7)18-11-3-1-2-10(17-11)12(15)16/h1-6H,(H3,15,16). The summed E-state index contributed by atoms with van der Waals surface area (Å²) in [5.41, 5.74) is 5.50. The summed E-state index contributed by atoms with van der Waals surface area (Å²) in [6, 6.07) is 7.41. The number of hydrogen-bond acceptors (Lipinski definition) is 3. The molecule has 0 bridgehead atoms. The summed E-state index contributed by atoms with van der Waals surface area (Å²) in [4.78, 5) is 3.91. The van der Waals surface area contributed by atoms with Gasteiger partial charge in [-0.3, -0.25) is 5.41 Å². The van der Waals surface area contributed by atoms with Gasteiger partial charge in [0.25, 0.3) is 0 Å². The van der Waals surface area contributed by atoms with Crippen LogP contribution in [0.4, 0.5) is 8.78 Å². The number of benzene rings is 1. The largest absolute Gasteiger partial charge is 0.439 e. The van der Waals surface area contributed by atoms with E-state index in [-0.39, 0.29) is 23.2 Å². The number of hydrogen-bond donors (Lipinski definition) is 2. The maximum absolute atomic E-state index is 12.9. The summed E-state index contributed by atoms with van der Waals surface area (Å²) in [6.45, 7) is 0. The Balaban J connectivity index is 2.28. The average molecular weight is 249 g/mol. The van der Waals surface area contributed by atoms with Crippen molar-refractivity contribution >= 4 is 5.84 Å². The van der Waals surface area contributed by atoms with Crippen molar-refractivity contribution in [2.24, 2.45) is 5.73 Å². The Kier molecular flexibility index (Phi) is 3.18. The first-order valence-electron chi connectivity index (χ1n) is 5.00. The average Bonchev–Trinajstić information content (AvgIpc) is 2.27. The molecule has 0 aliphatic carbocycles. The predicted molar refractivity (Wildman–Crippen MR) is 61.7 cm³/mol. The zero-order chi connectivity index (χ0) is 13.1. The van der Waals surface area contributed by atoms with Crippen molar-refractivity contribution in [3.05, 3.63) is 53.7 Å². The van der Waals surface area contributed by atoms with E-state index in [0.29, 0.717) is 0 Å². The zero-order valence-corrected chi connectivity index (χ0v) is 9.15. The quantitative estimate of drug-likeness (QED) is 0.648. The van der Waals surface area contributed by atoms with Crippen molar-refractivity contribution in [2.75, 3.05) is 0 Å². The number of pyridine rings is 1. The highest BCUT2D eigenvalue weighted by Gasteiger charge is 2.05. The van der Waals surface area contributed by atoms with Crippen LogP contribution in [0.1, 0.15) is 5.69 Å². The van der Waals surface area contributed by atoms with Gasteiger partial charge in [0.15, 0.2) is 0 Å². The molecule has 0 unspecified atom stereocenters. The number of nitrogens with two attached hydrogens (primary N) is 1. The van der Waals surface area contributed by atoms with Gasteiger partial charge in [-0.25, -0.2) is 13.8 Å². The van der Waals surface area contributed by atoms with Gasteiger partial charge in [0.1, 0.15) is 28.9 Å². The lowest BCUT2D eigenvalue weighted by atomic mass is 10.3. The van der Waals surface area contributed by atoms with E-state index in [1.54, 1.807) is 6.07 Å². The van der Waals surface area contributed by atoms with Crippen LogP contribution in [0.15, 0.2) is 36.4 Å². The molecule has 0 aliphatic rings. The van der Waals surface area contributed by atoms with Crippen LogP contribution in [0, 0.1) is 17.0 Å². The number of rotatable bonds is 3. The van der Waals surface area contributed by atoms with Gasteiger partial charge in [0, 0.05) is 24.3 Å². The van der Waals surface area contributed by atoms with Crippen molar-refractivity contribution < 1.29 is 13.5 Å². The summed E-state index contributed by atoms with van der Waals surface area (Å²) < 4.78 is 31.1. The molecule has 0 radical (unpaired) electrons. The third-order valence-electron chi connectivity index (χ3n) is 2.06. The van der Waals surface area contributed by atoms with Crippen molar-refractivity contribution in [1.82, 2.24) is 4.98 Å². The molecule has 18 heavy (non-hydrogen) atoms. The Hall–Kier alpha value is -2.50. The van der Waals surface area contributed by atoms with Crippen molar-refractivity contribution in [1.29, 1.82) is 5.41 Å². The highest BCUT2D eigenvalue weighted by atomic mass is 19.1. The summed E-state index contributed by atoms with van der Waals surface area (Å²) in [7, 11) is 0. The molecule has 1 aromatic heterocycles. The van der Waals surface area contributed by atoms with Crippen LogP contribution < -0.4 is 10.5 Å². The Bertz CT molecular complexity index is 581. The van der Waals surface area contributed by atoms with Crippen LogP contribution in [0.3, 0.4) is 0 Å². The van der Waals surface area contributed by atoms with Crippen LogP contribution in [-0.4, -0.2) is 10.8 Å². The molecule has 92 valence electrons. The van der Waals surface area contributed by atoms with Crippen molar-refractivity contribution in [2.45, 2.75) is 0 Å². The number of nitrogen functional groups attached to an aromatic ring is 1. The lowest BCUT2D eigenvalue weighted by Crippen LogP contribution is -2.13. The molecular weight excluding hydrogens is 240 g/mol. The molecular formula is C12H9F2N3O. The molecule has 4 nitrogen and oxygen atoms in total. The minimum atomic E-state index is -0.743. The van der Waals surface area contributed by atoms with E-state index in [4.69, 9.17) is 15.9 Å². The second-order valence-corrected chi connectivity index (χ2v) is 3.48. The van der Waals surface area contributed by atoms with Gasteiger partial charge in [-0.2, -0.15) is 0 Å². The lowest BCUT2D eigenvalue weighted by Gasteiger charge is -2.06. The van der Waals surface area contributed by atoms with E-state index < -0.39 is 11.6 Å². The van der Waals surface area contributed by atoms with Gasteiger partial charge in [0.2, 0.25) is 5.88 Å². The molecule has 0 saturated heterocycles. The molecule has 1 heterocycles. The van der Waals surface area contributed by atoms with Gasteiger partial charge >= 0.3 is 0 Å². The SMILES string of the molecule is N=C(N)c1cccc(Oc2cc(F)cc(F)c2)n1. The Morgan fingerprint density at radius 1 is 1.17 bits per heavy atom. The topological polar surface area (TPSA) is 72.0 Å². The molecule has 0 fully saturated rings. The zero-order valence-electron chi connectivity index (χ0n) is 9.15. The third kappa shape index (κ3) is 2.79. The molecule has 0 atom stereocenters. The monoisotopic (exact) mass is 249 g/mol. The maximum atomic E-state index is 12.9. The fourth-order valence-corrected chi connectivity index (χ4v) is 1.33. The number of ether oxygens (including phenoxy) is 1. The van der Waals surface area contributed by atoms with Crippen LogP contribution in [0.2, 0.25) is 0 Å². The predicted octanol–water partition coefficient (Wildman–Crippen LogP) is 2.44. The van der Waals surface area contributed by atoms with Gasteiger partial charge in [-0.05, 0) is 6.07 Å². The molecule has 0 aliphatic heterocycles. The van der Waals surface area contributed by atoms with Crippen LogP contribution in [0.25, 0.3) is 0 Å². The number of nitrogens with zero attached hydrogens (tertiary/aromatic N) is 1. The molecule has 3 N–H and O–H groups in total. The highest BCUT2D eigenvalue weighted by molar-refractivity contribution is 5.93. The number of amidine groups is 1. The van der Waals surface area contributed by atoms with Crippen LogP contribution in [0.5, 0.6) is 11.6 Å². The van der Waals surface area contributed by atoms with Gasteiger partial charge in [-0.15, -0.1) is 0 Å². The molecule has 0 amide bonds. The normalized spacial score (nSPS) is 10.1. The number of nitrogens with one attached hydrogen (secondary N) is 1. The molecule has 2 aromatic rings. The summed E-state index contributed by atoms with van der Waals surface area (Å²) >= 11 is 0. The Labute approximate surface area is 102 Å². The molecule has 1 aromatic carbocycles. The van der Waals surface area contributed by atoms with Crippen LogP contribution >= 0.6 is 0 Å². The van der Waals surface area contributed by atoms with E-state index in [2.05, 4.69) is 4.98 Å². The van der Waals surface area contributed by atoms with E-state index >= 15 is 0 Å². The first-order valence-corrected chi connectivity index (χ1v) is 5.00. The van der Waals surface area contributed by atoms with Gasteiger partial charge < -0.3 is 10.5 Å². The summed E-state index contributed by atoms with van der Waals surface area (Å²) in [5, 5.41) is 7.22. The second-order valence-electron chi connectivity index (χ2n) is 3.48. The van der Waals surface area contributed by atoms with E-state index in [9.17, 15) is 8.78 Å². The minimum Gasteiger partial charge on any atom is -0.439 e. The summed E-state index contributed by atoms with van der Waals surface area (Å²) in [6.07, 6.45) is 0. The number of halogens is 2. The fraction of sp³-hybridized carbons (Fsp3) is 0. The first kappa shape index (κ1) is 12.0. The molecule has 0 spiro atoms. The third-order valence-corrected chi connectivity index (χ3v) is 2.06. The first-order chi connectivity index (χ1) is 8.54. The van der Waals surface area contributed by atoms with Crippen molar-refractivity contribution in [3.8, 4) is 11.6 Å². The minimum absolute atomic E-state index is 0.0132. The second kappa shape index (κ2) is 4.79. The van der Waals surface area contributed by atoms with Gasteiger partial charge in [0.05, 0.1) is 0 Å². The van der Waals surface area contributed by atoms with E-state index in [1.807, 2.05) is 0 Å². The van der Waals surface area contributed by atoms with E-state index in [1.165, 1.54) is 12.1 Å². The molecule has 6 heteroatoms. The van der Waals surface area contributed by atoms with Crippen LogP contribution in [-0.2, 0) is 0 Å². The Morgan fingerprint density at radius 2 is 1.83 bits per heavy atom. The maximum Gasteiger partial charge on any atom is 0.219 e. The molecule has 2 rings (SSSR count). The lowest BCUT2D eigenvalue weighted by molar-refractivity contribution is 0.451. The number of aromatic nitrogens is 1. The van der Waals surface area contributed by atoms with E-state index in [0.717, 1.165) is 18.2 Å². The Morgan fingerprint density at radius 3 is 2.44 bits per heavy atom. The molecule has 0 saturated carbocycles. The summed E-state index contributed by atoms with van der Waals surface area (Å²) in [5.74, 6) is -1.61. The van der Waals surface area contributed by atoms with Gasteiger partial charge in [-0.1, -0.05) is 6.07 Å². The fourth-order valence-electron chi connectivity index (χ4n) is 1.33. The van der Waals surface area contributed by atoms with Crippen molar-refractivity contribution in [3.63, 3.8) is 0 Å². The smallest absolute Gasteiger partial charge is 0.219 e.